The zero-order valence-electron chi connectivity index (χ0n) is 17.9. The SMILES string of the molecule is CONC(=O)c1cc(Oc2ccc3c(c2)nc(Nc2cccc(OC(F)(F)F)c2)n3C)ccn1. The van der Waals surface area contributed by atoms with E-state index in [1.165, 1.54) is 37.6 Å². The highest BCUT2D eigenvalue weighted by Gasteiger charge is 2.31. The number of anilines is 2. The highest BCUT2D eigenvalue weighted by atomic mass is 19.4. The summed E-state index contributed by atoms with van der Waals surface area (Å²) in [4.78, 5) is 24.9. The summed E-state index contributed by atoms with van der Waals surface area (Å²) in [6, 6.07) is 13.7. The first kappa shape index (κ1) is 22.9. The molecule has 0 fully saturated rings. The van der Waals surface area contributed by atoms with Gasteiger partial charge in [0.15, 0.2) is 0 Å². The van der Waals surface area contributed by atoms with Gasteiger partial charge >= 0.3 is 6.36 Å². The Kier molecular flexibility index (Phi) is 6.23. The Bertz CT molecular complexity index is 1340. The Morgan fingerprint density at radius 1 is 1.03 bits per heavy atom. The number of halogens is 3. The quantitative estimate of drug-likeness (QED) is 0.376. The summed E-state index contributed by atoms with van der Waals surface area (Å²) in [5.74, 6) is 0.378. The van der Waals surface area contributed by atoms with Crippen LogP contribution >= 0.6 is 0 Å². The number of nitrogens with one attached hydrogen (secondary N) is 2. The lowest BCUT2D eigenvalue weighted by atomic mass is 10.3. The lowest BCUT2D eigenvalue weighted by Crippen LogP contribution is -2.22. The Labute approximate surface area is 191 Å². The Hall–Kier alpha value is -4.32. The number of amides is 1. The second kappa shape index (κ2) is 9.27. The standard InChI is InChI=1S/C22H18F3N5O4/c1-30-19-7-6-14(33-15-8-9-26-18(12-15)20(31)29-32-2)11-17(19)28-21(30)27-13-4-3-5-16(10-13)34-22(23,24)25/h3-12H,1-2H3,(H,27,28)(H,29,31). The molecule has 4 aromatic rings. The number of hydrogen-bond donors (Lipinski definition) is 2. The fraction of sp³-hybridized carbons (Fsp3) is 0.136. The van der Waals surface area contributed by atoms with Gasteiger partial charge in [-0.15, -0.1) is 13.2 Å². The zero-order chi connectivity index (χ0) is 24.3. The van der Waals surface area contributed by atoms with Crippen LogP contribution in [0, 0.1) is 0 Å². The third-order valence-corrected chi connectivity index (χ3v) is 4.57. The number of fused-ring (bicyclic) bond motifs is 1. The van der Waals surface area contributed by atoms with E-state index in [4.69, 9.17) is 4.74 Å². The van der Waals surface area contributed by atoms with Gasteiger partial charge in [-0.2, -0.15) is 0 Å². The molecule has 0 aliphatic rings. The average Bonchev–Trinajstić information content (AvgIpc) is 3.08. The van der Waals surface area contributed by atoms with Gasteiger partial charge in [0, 0.05) is 37.1 Å². The van der Waals surface area contributed by atoms with Crippen molar-refractivity contribution in [2.45, 2.75) is 6.36 Å². The topological polar surface area (TPSA) is 99.5 Å². The maximum atomic E-state index is 12.5. The molecule has 0 atom stereocenters. The summed E-state index contributed by atoms with van der Waals surface area (Å²) >= 11 is 0. The molecule has 0 radical (unpaired) electrons. The summed E-state index contributed by atoms with van der Waals surface area (Å²) in [7, 11) is 3.08. The fourth-order valence-corrected chi connectivity index (χ4v) is 3.13. The van der Waals surface area contributed by atoms with Crippen LogP contribution in [0.2, 0.25) is 0 Å². The second-order valence-electron chi connectivity index (χ2n) is 6.96. The van der Waals surface area contributed by atoms with Crippen LogP contribution in [0.4, 0.5) is 24.8 Å². The van der Waals surface area contributed by atoms with Gasteiger partial charge in [0.05, 0.1) is 18.1 Å². The van der Waals surface area contributed by atoms with E-state index in [1.807, 2.05) is 0 Å². The predicted octanol–water partition coefficient (Wildman–Crippen LogP) is 4.69. The molecule has 0 saturated heterocycles. The Balaban J connectivity index is 1.55. The van der Waals surface area contributed by atoms with Crippen molar-refractivity contribution < 1.29 is 32.3 Å². The summed E-state index contributed by atoms with van der Waals surface area (Å²) in [6.07, 6.45) is -3.35. The van der Waals surface area contributed by atoms with E-state index >= 15 is 0 Å². The first-order chi connectivity index (χ1) is 16.2. The first-order valence-electron chi connectivity index (χ1n) is 9.78. The highest BCUT2D eigenvalue weighted by molar-refractivity contribution is 5.91. The van der Waals surface area contributed by atoms with Gasteiger partial charge in [0.1, 0.15) is 22.9 Å². The number of carbonyl (C=O) groups is 1. The van der Waals surface area contributed by atoms with Crippen LogP contribution in [0.5, 0.6) is 17.2 Å². The van der Waals surface area contributed by atoms with E-state index in [2.05, 4.69) is 30.3 Å². The first-order valence-corrected chi connectivity index (χ1v) is 9.78. The van der Waals surface area contributed by atoms with Crippen molar-refractivity contribution in [2.24, 2.45) is 7.05 Å². The Morgan fingerprint density at radius 2 is 1.82 bits per heavy atom. The van der Waals surface area contributed by atoms with Gasteiger partial charge in [0.2, 0.25) is 5.95 Å². The van der Waals surface area contributed by atoms with E-state index in [0.29, 0.717) is 28.7 Å². The number of hydrogen-bond acceptors (Lipinski definition) is 7. The minimum absolute atomic E-state index is 0.112. The zero-order valence-corrected chi connectivity index (χ0v) is 17.9. The summed E-state index contributed by atoms with van der Waals surface area (Å²) in [6.45, 7) is 0. The smallest absolute Gasteiger partial charge is 0.457 e. The molecule has 0 aliphatic carbocycles. The molecule has 0 bridgehead atoms. The number of ether oxygens (including phenoxy) is 2. The second-order valence-corrected chi connectivity index (χ2v) is 6.96. The summed E-state index contributed by atoms with van der Waals surface area (Å²) in [5, 5.41) is 2.99. The van der Waals surface area contributed by atoms with Crippen molar-refractivity contribution in [1.82, 2.24) is 20.0 Å². The van der Waals surface area contributed by atoms with E-state index in [9.17, 15) is 18.0 Å². The molecule has 2 N–H and O–H groups in total. The normalized spacial score (nSPS) is 11.3. The monoisotopic (exact) mass is 473 g/mol. The van der Waals surface area contributed by atoms with Gasteiger partial charge in [-0.1, -0.05) is 6.07 Å². The van der Waals surface area contributed by atoms with Crippen LogP contribution in [0.3, 0.4) is 0 Å². The minimum Gasteiger partial charge on any atom is -0.457 e. The van der Waals surface area contributed by atoms with Gasteiger partial charge < -0.3 is 19.4 Å². The van der Waals surface area contributed by atoms with Gasteiger partial charge in [-0.3, -0.25) is 14.6 Å². The molecule has 9 nitrogen and oxygen atoms in total. The van der Waals surface area contributed by atoms with Crippen molar-refractivity contribution in [3.05, 3.63) is 66.5 Å². The third-order valence-electron chi connectivity index (χ3n) is 4.57. The van der Waals surface area contributed by atoms with Crippen molar-refractivity contribution in [3.8, 4) is 17.2 Å². The number of pyridine rings is 1. The molecule has 12 heteroatoms. The molecule has 1 amide bonds. The summed E-state index contributed by atoms with van der Waals surface area (Å²) < 4.78 is 49.0. The molecular formula is C22H18F3N5O4. The van der Waals surface area contributed by atoms with Crippen LogP contribution in [-0.2, 0) is 11.9 Å². The van der Waals surface area contributed by atoms with Gasteiger partial charge in [-0.25, -0.2) is 10.5 Å². The molecule has 0 aliphatic heterocycles. The number of benzene rings is 2. The minimum atomic E-state index is -4.78. The lowest BCUT2D eigenvalue weighted by Gasteiger charge is -2.11. The number of hydroxylamine groups is 1. The number of imidazole rings is 1. The van der Waals surface area contributed by atoms with E-state index < -0.39 is 12.3 Å². The van der Waals surface area contributed by atoms with Crippen LogP contribution in [0.15, 0.2) is 60.8 Å². The molecule has 2 aromatic carbocycles. The third kappa shape index (κ3) is 5.35. The van der Waals surface area contributed by atoms with Gasteiger partial charge in [-0.05, 0) is 30.3 Å². The number of aryl methyl sites for hydroxylation is 1. The van der Waals surface area contributed by atoms with Gasteiger partial charge in [0.25, 0.3) is 5.91 Å². The number of carbonyl (C=O) groups excluding carboxylic acids is 1. The van der Waals surface area contributed by atoms with Crippen LogP contribution in [0.1, 0.15) is 10.5 Å². The van der Waals surface area contributed by atoms with Crippen molar-refractivity contribution in [1.29, 1.82) is 0 Å². The predicted molar refractivity (Wildman–Crippen MR) is 116 cm³/mol. The van der Waals surface area contributed by atoms with Crippen LogP contribution in [0.25, 0.3) is 11.0 Å². The molecule has 176 valence electrons. The maximum Gasteiger partial charge on any atom is 0.573 e. The van der Waals surface area contributed by atoms with E-state index in [1.54, 1.807) is 41.9 Å². The average molecular weight is 473 g/mol. The molecule has 34 heavy (non-hydrogen) atoms. The van der Waals surface area contributed by atoms with Crippen molar-refractivity contribution >= 4 is 28.6 Å². The molecular weight excluding hydrogens is 455 g/mol. The number of alkyl halides is 3. The molecule has 2 aromatic heterocycles. The lowest BCUT2D eigenvalue weighted by molar-refractivity contribution is -0.274. The molecule has 0 unspecified atom stereocenters. The maximum absolute atomic E-state index is 12.5. The molecule has 2 heterocycles. The molecule has 0 saturated carbocycles. The van der Waals surface area contributed by atoms with E-state index in [-0.39, 0.29) is 11.4 Å². The van der Waals surface area contributed by atoms with Crippen LogP contribution < -0.4 is 20.3 Å². The number of aromatic nitrogens is 3. The molecule has 4 rings (SSSR count). The Morgan fingerprint density at radius 3 is 2.59 bits per heavy atom. The fourth-order valence-electron chi connectivity index (χ4n) is 3.13. The summed E-state index contributed by atoms with van der Waals surface area (Å²) in [5.41, 5.74) is 4.00. The van der Waals surface area contributed by atoms with Crippen LogP contribution in [-0.4, -0.2) is 33.9 Å². The number of rotatable bonds is 7. The van der Waals surface area contributed by atoms with Crippen molar-refractivity contribution in [3.63, 3.8) is 0 Å². The highest BCUT2D eigenvalue weighted by Crippen LogP contribution is 2.30. The van der Waals surface area contributed by atoms with E-state index in [0.717, 1.165) is 5.52 Å². The largest absolute Gasteiger partial charge is 0.573 e. The molecule has 0 spiro atoms. The van der Waals surface area contributed by atoms with Crippen molar-refractivity contribution in [2.75, 3.05) is 12.4 Å². The number of nitrogens with zero attached hydrogens (tertiary/aromatic N) is 3.